The maximum Gasteiger partial charge on any atom is 0.280 e. The standard InChI is InChI=1S/C18H14N6OS/c1-12-4-2-3-5-14(12)24-16(13-6-8-19-9-7-13)15(22-23-24)17(25)21-18-20-10-11-26-18/h2-11H,1H3,(H,20,21,25). The number of hydrogen-bond acceptors (Lipinski definition) is 6. The van der Waals surface area contributed by atoms with Gasteiger partial charge in [0.2, 0.25) is 0 Å². The number of nitrogens with one attached hydrogen (secondary N) is 1. The third-order valence-electron chi connectivity index (χ3n) is 3.84. The molecule has 0 aliphatic rings. The molecule has 0 spiro atoms. The quantitative estimate of drug-likeness (QED) is 0.602. The largest absolute Gasteiger partial charge is 0.296 e. The average molecular weight is 362 g/mol. The van der Waals surface area contributed by atoms with Crippen molar-refractivity contribution in [3.63, 3.8) is 0 Å². The van der Waals surface area contributed by atoms with Gasteiger partial charge >= 0.3 is 0 Å². The Morgan fingerprint density at radius 3 is 2.65 bits per heavy atom. The van der Waals surface area contributed by atoms with Gasteiger partial charge in [0.25, 0.3) is 5.91 Å². The summed E-state index contributed by atoms with van der Waals surface area (Å²) in [4.78, 5) is 20.9. The van der Waals surface area contributed by atoms with Gasteiger partial charge in [-0.3, -0.25) is 15.1 Å². The first kappa shape index (κ1) is 16.1. The van der Waals surface area contributed by atoms with Crippen molar-refractivity contribution < 1.29 is 4.79 Å². The van der Waals surface area contributed by atoms with Crippen LogP contribution in [-0.4, -0.2) is 30.9 Å². The lowest BCUT2D eigenvalue weighted by Gasteiger charge is -2.10. The number of para-hydroxylation sites is 1. The molecule has 0 atom stereocenters. The third kappa shape index (κ3) is 2.98. The molecule has 0 saturated heterocycles. The molecule has 0 aliphatic carbocycles. The number of carbonyl (C=O) groups excluding carboxylic acids is 1. The number of pyridine rings is 1. The van der Waals surface area contributed by atoms with Crippen LogP contribution in [0.5, 0.6) is 0 Å². The lowest BCUT2D eigenvalue weighted by molar-refractivity contribution is 0.102. The van der Waals surface area contributed by atoms with Crippen molar-refractivity contribution in [2.45, 2.75) is 6.92 Å². The summed E-state index contributed by atoms with van der Waals surface area (Å²) in [5.74, 6) is -0.355. The van der Waals surface area contributed by atoms with E-state index < -0.39 is 0 Å². The number of rotatable bonds is 4. The van der Waals surface area contributed by atoms with E-state index in [1.54, 1.807) is 28.7 Å². The van der Waals surface area contributed by atoms with Crippen LogP contribution in [0.15, 0.2) is 60.4 Å². The molecule has 0 saturated carbocycles. The van der Waals surface area contributed by atoms with Gasteiger partial charge in [0.05, 0.1) is 5.69 Å². The van der Waals surface area contributed by atoms with E-state index in [1.165, 1.54) is 11.3 Å². The predicted octanol–water partition coefficient (Wildman–Crippen LogP) is 3.35. The highest BCUT2D eigenvalue weighted by atomic mass is 32.1. The molecular weight excluding hydrogens is 348 g/mol. The number of amides is 1. The molecule has 7 nitrogen and oxygen atoms in total. The van der Waals surface area contributed by atoms with Crippen LogP contribution >= 0.6 is 11.3 Å². The highest BCUT2D eigenvalue weighted by Gasteiger charge is 2.23. The summed E-state index contributed by atoms with van der Waals surface area (Å²) in [5, 5.41) is 13.5. The van der Waals surface area contributed by atoms with Crippen molar-refractivity contribution >= 4 is 22.4 Å². The summed E-state index contributed by atoms with van der Waals surface area (Å²) in [7, 11) is 0. The van der Waals surface area contributed by atoms with E-state index in [2.05, 4.69) is 25.6 Å². The molecule has 0 radical (unpaired) electrons. The monoisotopic (exact) mass is 362 g/mol. The van der Waals surface area contributed by atoms with Crippen molar-refractivity contribution in [3.05, 3.63) is 71.6 Å². The minimum absolute atomic E-state index is 0.231. The third-order valence-corrected chi connectivity index (χ3v) is 4.52. The summed E-state index contributed by atoms with van der Waals surface area (Å²) >= 11 is 1.35. The maximum atomic E-state index is 12.8. The number of aromatic nitrogens is 5. The molecule has 0 aliphatic heterocycles. The zero-order chi connectivity index (χ0) is 17.9. The van der Waals surface area contributed by atoms with E-state index in [0.29, 0.717) is 10.8 Å². The molecule has 4 aromatic rings. The minimum atomic E-state index is -0.355. The molecule has 0 unspecified atom stereocenters. The number of anilines is 1. The second-order valence-corrected chi connectivity index (χ2v) is 6.41. The fourth-order valence-corrected chi connectivity index (χ4v) is 3.14. The second kappa shape index (κ2) is 6.85. The molecule has 128 valence electrons. The number of carbonyl (C=O) groups is 1. The molecule has 3 aromatic heterocycles. The van der Waals surface area contributed by atoms with Crippen LogP contribution in [0.25, 0.3) is 16.9 Å². The van der Waals surface area contributed by atoms with Gasteiger partial charge in [-0.2, -0.15) is 0 Å². The predicted molar refractivity (Wildman–Crippen MR) is 99.4 cm³/mol. The molecule has 0 bridgehead atoms. The van der Waals surface area contributed by atoms with E-state index in [-0.39, 0.29) is 11.6 Å². The highest BCUT2D eigenvalue weighted by molar-refractivity contribution is 7.13. The average Bonchev–Trinajstić information content (AvgIpc) is 3.32. The first-order chi connectivity index (χ1) is 12.7. The summed E-state index contributed by atoms with van der Waals surface area (Å²) in [5.41, 5.74) is 3.53. The smallest absolute Gasteiger partial charge is 0.280 e. The zero-order valence-electron chi connectivity index (χ0n) is 13.8. The Kier molecular flexibility index (Phi) is 4.24. The van der Waals surface area contributed by atoms with Crippen LogP contribution in [0, 0.1) is 6.92 Å². The fraction of sp³-hybridized carbons (Fsp3) is 0.0556. The maximum absolute atomic E-state index is 12.8. The van der Waals surface area contributed by atoms with E-state index in [0.717, 1.165) is 16.8 Å². The van der Waals surface area contributed by atoms with E-state index >= 15 is 0 Å². The van der Waals surface area contributed by atoms with Crippen LogP contribution in [0.1, 0.15) is 16.1 Å². The normalized spacial score (nSPS) is 10.7. The number of nitrogens with zero attached hydrogens (tertiary/aromatic N) is 5. The summed E-state index contributed by atoms with van der Waals surface area (Å²) in [6.45, 7) is 1.99. The number of thiazole rings is 1. The first-order valence-electron chi connectivity index (χ1n) is 7.87. The molecule has 1 N–H and O–H groups in total. The Balaban J connectivity index is 1.85. The molecule has 1 amide bonds. The Labute approximate surface area is 153 Å². The SMILES string of the molecule is Cc1ccccc1-n1nnc(C(=O)Nc2nccs2)c1-c1ccncc1. The van der Waals surface area contributed by atoms with Crippen molar-refractivity contribution in [2.75, 3.05) is 5.32 Å². The van der Waals surface area contributed by atoms with Gasteiger partial charge in [0, 0.05) is 29.5 Å². The van der Waals surface area contributed by atoms with E-state index in [4.69, 9.17) is 0 Å². The topological polar surface area (TPSA) is 85.6 Å². The van der Waals surface area contributed by atoms with E-state index in [9.17, 15) is 4.79 Å². The van der Waals surface area contributed by atoms with E-state index in [1.807, 2.05) is 43.3 Å². The van der Waals surface area contributed by atoms with Crippen LogP contribution in [0.4, 0.5) is 5.13 Å². The first-order valence-corrected chi connectivity index (χ1v) is 8.75. The van der Waals surface area contributed by atoms with Gasteiger partial charge in [0.15, 0.2) is 10.8 Å². The molecule has 3 heterocycles. The van der Waals surface area contributed by atoms with Crippen molar-refractivity contribution in [2.24, 2.45) is 0 Å². The molecule has 26 heavy (non-hydrogen) atoms. The van der Waals surface area contributed by atoms with Crippen molar-refractivity contribution in [1.82, 2.24) is 25.0 Å². The molecule has 0 fully saturated rings. The minimum Gasteiger partial charge on any atom is -0.296 e. The van der Waals surface area contributed by atoms with Gasteiger partial charge in [0.1, 0.15) is 5.69 Å². The van der Waals surface area contributed by atoms with Gasteiger partial charge in [-0.15, -0.1) is 16.4 Å². The Bertz CT molecular complexity index is 1040. The number of benzene rings is 1. The summed E-state index contributed by atoms with van der Waals surface area (Å²) < 4.78 is 1.68. The zero-order valence-corrected chi connectivity index (χ0v) is 14.6. The Hall–Kier alpha value is -3.39. The fourth-order valence-electron chi connectivity index (χ4n) is 2.61. The Morgan fingerprint density at radius 1 is 1.12 bits per heavy atom. The van der Waals surface area contributed by atoms with Crippen LogP contribution in [-0.2, 0) is 0 Å². The van der Waals surface area contributed by atoms with Crippen LogP contribution in [0.2, 0.25) is 0 Å². The van der Waals surface area contributed by atoms with Crippen LogP contribution in [0.3, 0.4) is 0 Å². The molecule has 4 rings (SSSR count). The second-order valence-electron chi connectivity index (χ2n) is 5.51. The molecular formula is C18H14N6OS. The lowest BCUT2D eigenvalue weighted by atomic mass is 10.1. The molecule has 8 heteroatoms. The van der Waals surface area contributed by atoms with Crippen LogP contribution < -0.4 is 5.32 Å². The van der Waals surface area contributed by atoms with Gasteiger partial charge in [-0.1, -0.05) is 23.4 Å². The lowest BCUT2D eigenvalue weighted by Crippen LogP contribution is -2.14. The molecule has 1 aromatic carbocycles. The van der Waals surface area contributed by atoms with Gasteiger partial charge in [-0.25, -0.2) is 9.67 Å². The van der Waals surface area contributed by atoms with Gasteiger partial charge < -0.3 is 0 Å². The van der Waals surface area contributed by atoms with Crippen molar-refractivity contribution in [3.8, 4) is 16.9 Å². The van der Waals surface area contributed by atoms with Gasteiger partial charge in [-0.05, 0) is 30.7 Å². The summed E-state index contributed by atoms with van der Waals surface area (Å²) in [6.07, 6.45) is 4.98. The number of aryl methyl sites for hydroxylation is 1. The van der Waals surface area contributed by atoms with Crippen molar-refractivity contribution in [1.29, 1.82) is 0 Å². The highest BCUT2D eigenvalue weighted by Crippen LogP contribution is 2.27. The Morgan fingerprint density at radius 2 is 1.92 bits per heavy atom. The summed E-state index contributed by atoms with van der Waals surface area (Å²) in [6, 6.07) is 11.5. The number of hydrogen-bond donors (Lipinski definition) is 1.